The molecule has 1 saturated carbocycles. The van der Waals surface area contributed by atoms with Gasteiger partial charge >= 0.3 is 12.0 Å². The summed E-state index contributed by atoms with van der Waals surface area (Å²) in [7, 11) is 1.74. The van der Waals surface area contributed by atoms with Gasteiger partial charge in [-0.3, -0.25) is 9.48 Å². The molecule has 1 aromatic rings. The Morgan fingerprint density at radius 1 is 1.61 bits per heavy atom. The molecule has 2 amide bonds. The predicted octanol–water partition coefficient (Wildman–Crippen LogP) is 0.749. The van der Waals surface area contributed by atoms with Gasteiger partial charge in [-0.05, 0) is 18.8 Å². The molecule has 1 aliphatic carbocycles. The van der Waals surface area contributed by atoms with Crippen LogP contribution in [0.15, 0.2) is 12.4 Å². The fourth-order valence-electron chi connectivity index (χ4n) is 1.68. The Labute approximate surface area is 104 Å². The molecule has 0 radical (unpaired) electrons. The van der Waals surface area contributed by atoms with Crippen molar-refractivity contribution in [3.63, 3.8) is 0 Å². The number of aliphatic carboxylic acids is 1. The normalized spacial score (nSPS) is 14.3. The molecule has 0 bridgehead atoms. The van der Waals surface area contributed by atoms with Gasteiger partial charge in [0.15, 0.2) is 0 Å². The van der Waals surface area contributed by atoms with Crippen LogP contribution in [0.4, 0.5) is 10.5 Å². The molecule has 1 aromatic heterocycles. The zero-order chi connectivity index (χ0) is 13.1. The van der Waals surface area contributed by atoms with Crippen LogP contribution >= 0.6 is 0 Å². The first-order valence-electron chi connectivity index (χ1n) is 5.81. The van der Waals surface area contributed by atoms with E-state index in [-0.39, 0.29) is 6.54 Å². The summed E-state index contributed by atoms with van der Waals surface area (Å²) < 4.78 is 1.57. The van der Waals surface area contributed by atoms with E-state index in [1.807, 2.05) is 0 Å². The van der Waals surface area contributed by atoms with Crippen LogP contribution in [0.2, 0.25) is 0 Å². The van der Waals surface area contributed by atoms with Gasteiger partial charge in [-0.25, -0.2) is 4.79 Å². The van der Waals surface area contributed by atoms with E-state index < -0.39 is 12.0 Å². The van der Waals surface area contributed by atoms with E-state index in [4.69, 9.17) is 5.11 Å². The van der Waals surface area contributed by atoms with Gasteiger partial charge in [-0.2, -0.15) is 5.10 Å². The first kappa shape index (κ1) is 12.4. The second-order valence-electron chi connectivity index (χ2n) is 4.55. The van der Waals surface area contributed by atoms with Crippen LogP contribution in [0.5, 0.6) is 0 Å². The minimum absolute atomic E-state index is 0.275. The number of hydrogen-bond acceptors (Lipinski definition) is 3. The molecule has 7 nitrogen and oxygen atoms in total. The van der Waals surface area contributed by atoms with Crippen molar-refractivity contribution >= 4 is 17.7 Å². The summed E-state index contributed by atoms with van der Waals surface area (Å²) in [5.74, 6) is -0.555. The van der Waals surface area contributed by atoms with E-state index in [2.05, 4.69) is 10.4 Å². The number of nitrogens with one attached hydrogen (secondary N) is 1. The second-order valence-corrected chi connectivity index (χ2v) is 4.55. The number of carboxylic acids is 1. The molecule has 1 fully saturated rings. The maximum Gasteiger partial charge on any atom is 0.323 e. The van der Waals surface area contributed by atoms with E-state index >= 15 is 0 Å². The van der Waals surface area contributed by atoms with Gasteiger partial charge in [-0.1, -0.05) is 0 Å². The molecule has 7 heteroatoms. The number of nitrogens with zero attached hydrogens (tertiary/aromatic N) is 3. The lowest BCUT2D eigenvalue weighted by molar-refractivity contribution is -0.137. The third-order valence-electron chi connectivity index (χ3n) is 2.74. The Bertz CT molecular complexity index is 453. The average molecular weight is 252 g/mol. The molecular formula is C11H16N4O3. The first-order valence-corrected chi connectivity index (χ1v) is 5.81. The molecule has 18 heavy (non-hydrogen) atoms. The highest BCUT2D eigenvalue weighted by atomic mass is 16.4. The fraction of sp³-hybridized carbons (Fsp3) is 0.545. The fourth-order valence-corrected chi connectivity index (χ4v) is 1.68. The summed E-state index contributed by atoms with van der Waals surface area (Å²) in [6.45, 7) is 0.223. The molecule has 0 unspecified atom stereocenters. The van der Waals surface area contributed by atoms with Crippen LogP contribution in [0.1, 0.15) is 12.8 Å². The van der Waals surface area contributed by atoms with Gasteiger partial charge in [-0.15, -0.1) is 0 Å². The zero-order valence-corrected chi connectivity index (χ0v) is 10.2. The molecule has 0 aliphatic heterocycles. The van der Waals surface area contributed by atoms with Crippen LogP contribution in [-0.2, 0) is 11.8 Å². The predicted molar refractivity (Wildman–Crippen MR) is 64.2 cm³/mol. The Hall–Kier alpha value is -2.05. The van der Waals surface area contributed by atoms with Crippen LogP contribution in [0.25, 0.3) is 0 Å². The minimum atomic E-state index is -1.00. The van der Waals surface area contributed by atoms with Crippen molar-refractivity contribution in [2.24, 2.45) is 13.0 Å². The van der Waals surface area contributed by atoms with E-state index in [1.165, 1.54) is 11.1 Å². The number of hydrogen-bond donors (Lipinski definition) is 2. The number of carbonyl (C=O) groups is 2. The minimum Gasteiger partial charge on any atom is -0.480 e. The number of carboxylic acid groups (broad SMARTS) is 1. The van der Waals surface area contributed by atoms with Gasteiger partial charge in [0.1, 0.15) is 6.54 Å². The summed E-state index contributed by atoms with van der Waals surface area (Å²) in [5.41, 5.74) is 0.564. The van der Waals surface area contributed by atoms with Crippen LogP contribution < -0.4 is 5.32 Å². The Morgan fingerprint density at radius 3 is 2.83 bits per heavy atom. The summed E-state index contributed by atoms with van der Waals surface area (Å²) >= 11 is 0. The van der Waals surface area contributed by atoms with Crippen LogP contribution in [0, 0.1) is 5.92 Å². The highest BCUT2D eigenvalue weighted by Gasteiger charge is 2.28. The third kappa shape index (κ3) is 3.47. The molecule has 0 saturated heterocycles. The molecule has 1 heterocycles. The van der Waals surface area contributed by atoms with Gasteiger partial charge < -0.3 is 15.3 Å². The van der Waals surface area contributed by atoms with Gasteiger partial charge in [0.25, 0.3) is 0 Å². The van der Waals surface area contributed by atoms with Crippen molar-refractivity contribution in [3.8, 4) is 0 Å². The number of carbonyl (C=O) groups excluding carboxylic acids is 1. The number of amides is 2. The van der Waals surface area contributed by atoms with Crippen molar-refractivity contribution < 1.29 is 14.7 Å². The topological polar surface area (TPSA) is 87.5 Å². The summed E-state index contributed by atoms with van der Waals surface area (Å²) in [6, 6.07) is -0.391. The molecule has 2 N–H and O–H groups in total. The lowest BCUT2D eigenvalue weighted by Gasteiger charge is -2.20. The van der Waals surface area contributed by atoms with Crippen molar-refractivity contribution in [3.05, 3.63) is 12.4 Å². The first-order chi connectivity index (χ1) is 8.54. The van der Waals surface area contributed by atoms with Crippen LogP contribution in [-0.4, -0.2) is 44.9 Å². The molecule has 98 valence electrons. The molecular weight excluding hydrogens is 236 g/mol. The number of aryl methyl sites for hydroxylation is 1. The number of anilines is 1. The Morgan fingerprint density at radius 2 is 2.33 bits per heavy atom. The summed E-state index contributed by atoms with van der Waals surface area (Å²) in [6.07, 6.45) is 5.31. The zero-order valence-electron chi connectivity index (χ0n) is 10.2. The molecule has 2 rings (SSSR count). The smallest absolute Gasteiger partial charge is 0.323 e. The number of rotatable bonds is 5. The maximum atomic E-state index is 11.9. The largest absolute Gasteiger partial charge is 0.480 e. The monoisotopic (exact) mass is 252 g/mol. The summed E-state index contributed by atoms with van der Waals surface area (Å²) in [4.78, 5) is 24.0. The number of urea groups is 1. The van der Waals surface area contributed by atoms with Gasteiger partial charge in [0.2, 0.25) is 0 Å². The quantitative estimate of drug-likeness (QED) is 0.809. The standard InChI is InChI=1S/C11H16N4O3/c1-14-6-9(4-12-14)13-11(18)15(7-10(16)17)5-8-2-3-8/h4,6,8H,2-3,5,7H2,1H3,(H,13,18)(H,16,17). The summed E-state index contributed by atoms with van der Waals surface area (Å²) in [5, 5.41) is 15.4. The molecule has 1 aliphatic rings. The molecule has 0 aromatic carbocycles. The van der Waals surface area contributed by atoms with Gasteiger partial charge in [0, 0.05) is 19.8 Å². The lowest BCUT2D eigenvalue weighted by atomic mass is 10.3. The maximum absolute atomic E-state index is 11.9. The SMILES string of the molecule is Cn1cc(NC(=O)N(CC(=O)O)CC2CC2)cn1. The number of aromatic nitrogens is 2. The Balaban J connectivity index is 1.95. The van der Waals surface area contributed by atoms with E-state index in [0.29, 0.717) is 18.2 Å². The van der Waals surface area contributed by atoms with E-state index in [9.17, 15) is 9.59 Å². The van der Waals surface area contributed by atoms with E-state index in [1.54, 1.807) is 17.9 Å². The average Bonchev–Trinajstić information content (AvgIpc) is 3.00. The highest BCUT2D eigenvalue weighted by Crippen LogP contribution is 2.29. The molecule has 0 spiro atoms. The van der Waals surface area contributed by atoms with Crippen LogP contribution in [0.3, 0.4) is 0 Å². The van der Waals surface area contributed by atoms with Crippen molar-refractivity contribution in [1.29, 1.82) is 0 Å². The Kier molecular flexibility index (Phi) is 3.50. The van der Waals surface area contributed by atoms with Crippen molar-refractivity contribution in [2.45, 2.75) is 12.8 Å². The lowest BCUT2D eigenvalue weighted by Crippen LogP contribution is -2.40. The second kappa shape index (κ2) is 5.07. The third-order valence-corrected chi connectivity index (χ3v) is 2.74. The van der Waals surface area contributed by atoms with Gasteiger partial charge in [0.05, 0.1) is 11.9 Å². The van der Waals surface area contributed by atoms with Crippen molar-refractivity contribution in [2.75, 3.05) is 18.4 Å². The van der Waals surface area contributed by atoms with E-state index in [0.717, 1.165) is 12.8 Å². The molecule has 0 atom stereocenters. The van der Waals surface area contributed by atoms with Crippen molar-refractivity contribution in [1.82, 2.24) is 14.7 Å². The highest BCUT2D eigenvalue weighted by molar-refractivity contribution is 5.91.